The molecule has 0 spiro atoms. The smallest absolute Gasteiger partial charge is 0.252 e. The number of carbonyl (C=O) groups excluding carboxylic acids is 1. The van der Waals surface area contributed by atoms with E-state index in [1.54, 1.807) is 0 Å². The fraction of sp³-hybridized carbons (Fsp3) is 0.364. The summed E-state index contributed by atoms with van der Waals surface area (Å²) in [4.78, 5) is 11.7. The molecule has 0 aliphatic rings. The molecule has 0 unspecified atom stereocenters. The largest absolute Gasteiger partial charge is 0.352 e. The van der Waals surface area contributed by atoms with Crippen molar-refractivity contribution in [1.29, 1.82) is 0 Å². The lowest BCUT2D eigenvalue weighted by molar-refractivity contribution is 0.0952. The maximum absolute atomic E-state index is 12.9. The normalized spacial score (nSPS) is 10.2. The molecule has 0 saturated heterocycles. The standard InChI is InChI=1S/C11H14BrFN2O/c1-14-5-2-6-15-11(16)9-7-8(13)3-4-10(9)12/h3-4,7,14H,2,5-6H2,1H3,(H,15,16). The minimum atomic E-state index is -0.413. The van der Waals surface area contributed by atoms with Gasteiger partial charge in [0.2, 0.25) is 0 Å². The molecule has 0 radical (unpaired) electrons. The first-order chi connectivity index (χ1) is 7.65. The summed E-state index contributed by atoms with van der Waals surface area (Å²) in [5, 5.41) is 5.71. The molecule has 0 aliphatic carbocycles. The second kappa shape index (κ2) is 6.60. The molecule has 16 heavy (non-hydrogen) atoms. The second-order valence-electron chi connectivity index (χ2n) is 3.34. The van der Waals surface area contributed by atoms with Gasteiger partial charge in [-0.2, -0.15) is 0 Å². The zero-order valence-electron chi connectivity index (χ0n) is 9.02. The Bertz CT molecular complexity index is 371. The Hall–Kier alpha value is -0.940. The number of nitrogens with one attached hydrogen (secondary N) is 2. The van der Waals surface area contributed by atoms with E-state index in [0.717, 1.165) is 13.0 Å². The van der Waals surface area contributed by atoms with Gasteiger partial charge in [0.05, 0.1) is 5.56 Å². The van der Waals surface area contributed by atoms with Crippen molar-refractivity contribution < 1.29 is 9.18 Å². The van der Waals surface area contributed by atoms with Gasteiger partial charge >= 0.3 is 0 Å². The fourth-order valence-corrected chi connectivity index (χ4v) is 1.66. The van der Waals surface area contributed by atoms with Crippen molar-refractivity contribution in [1.82, 2.24) is 10.6 Å². The summed E-state index contributed by atoms with van der Waals surface area (Å²) in [6, 6.07) is 4.05. The van der Waals surface area contributed by atoms with Crippen molar-refractivity contribution >= 4 is 21.8 Å². The SMILES string of the molecule is CNCCCNC(=O)c1cc(F)ccc1Br. The van der Waals surface area contributed by atoms with E-state index in [0.29, 0.717) is 16.6 Å². The maximum atomic E-state index is 12.9. The molecule has 5 heteroatoms. The van der Waals surface area contributed by atoms with Crippen LogP contribution in [0.1, 0.15) is 16.8 Å². The predicted octanol–water partition coefficient (Wildman–Crippen LogP) is 1.93. The number of rotatable bonds is 5. The van der Waals surface area contributed by atoms with Gasteiger partial charge in [-0.25, -0.2) is 4.39 Å². The summed E-state index contributed by atoms with van der Waals surface area (Å²) < 4.78 is 13.5. The molecule has 0 aromatic heterocycles. The molecule has 0 saturated carbocycles. The minimum absolute atomic E-state index is 0.262. The molecule has 1 aromatic carbocycles. The van der Waals surface area contributed by atoms with Gasteiger partial charge in [-0.15, -0.1) is 0 Å². The van der Waals surface area contributed by atoms with Crippen molar-refractivity contribution in [3.05, 3.63) is 34.1 Å². The first-order valence-corrected chi connectivity index (χ1v) is 5.82. The summed E-state index contributed by atoms with van der Waals surface area (Å²) in [6.45, 7) is 1.41. The van der Waals surface area contributed by atoms with Gasteiger partial charge in [-0.05, 0) is 54.1 Å². The third kappa shape index (κ3) is 3.90. The van der Waals surface area contributed by atoms with Crippen LogP contribution < -0.4 is 10.6 Å². The molecule has 0 bridgehead atoms. The number of amides is 1. The second-order valence-corrected chi connectivity index (χ2v) is 4.19. The van der Waals surface area contributed by atoms with Crippen LogP contribution in [0, 0.1) is 5.82 Å². The lowest BCUT2D eigenvalue weighted by atomic mass is 10.2. The van der Waals surface area contributed by atoms with Crippen molar-refractivity contribution in [3.63, 3.8) is 0 Å². The van der Waals surface area contributed by atoms with Crippen LogP contribution >= 0.6 is 15.9 Å². The van der Waals surface area contributed by atoms with E-state index in [1.807, 2.05) is 7.05 Å². The molecule has 0 atom stereocenters. The maximum Gasteiger partial charge on any atom is 0.252 e. The van der Waals surface area contributed by atoms with Gasteiger partial charge in [0, 0.05) is 11.0 Å². The highest BCUT2D eigenvalue weighted by Crippen LogP contribution is 2.17. The molecule has 1 amide bonds. The van der Waals surface area contributed by atoms with Crippen molar-refractivity contribution in [2.45, 2.75) is 6.42 Å². The van der Waals surface area contributed by atoms with E-state index in [4.69, 9.17) is 0 Å². The number of halogens is 2. The van der Waals surface area contributed by atoms with Crippen LogP contribution in [0.3, 0.4) is 0 Å². The van der Waals surface area contributed by atoms with Crippen molar-refractivity contribution in [2.24, 2.45) is 0 Å². The molecular formula is C11H14BrFN2O. The summed E-state index contributed by atoms with van der Waals surface area (Å²) in [5.41, 5.74) is 0.324. The van der Waals surface area contributed by atoms with E-state index in [9.17, 15) is 9.18 Å². The van der Waals surface area contributed by atoms with E-state index in [2.05, 4.69) is 26.6 Å². The first kappa shape index (κ1) is 13.1. The third-order valence-electron chi connectivity index (χ3n) is 2.06. The van der Waals surface area contributed by atoms with E-state index < -0.39 is 5.82 Å². The van der Waals surface area contributed by atoms with Gasteiger partial charge in [-0.1, -0.05) is 0 Å². The zero-order chi connectivity index (χ0) is 12.0. The minimum Gasteiger partial charge on any atom is -0.352 e. The average molecular weight is 289 g/mol. The molecule has 1 aromatic rings. The Morgan fingerprint density at radius 2 is 2.19 bits per heavy atom. The average Bonchev–Trinajstić information content (AvgIpc) is 2.27. The highest BCUT2D eigenvalue weighted by Gasteiger charge is 2.10. The van der Waals surface area contributed by atoms with Crippen LogP contribution in [-0.2, 0) is 0 Å². The Balaban J connectivity index is 2.55. The third-order valence-corrected chi connectivity index (χ3v) is 2.75. The zero-order valence-corrected chi connectivity index (χ0v) is 10.6. The fourth-order valence-electron chi connectivity index (χ4n) is 1.23. The van der Waals surface area contributed by atoms with Gasteiger partial charge < -0.3 is 10.6 Å². The van der Waals surface area contributed by atoms with Crippen LogP contribution in [0.25, 0.3) is 0 Å². The van der Waals surface area contributed by atoms with Crippen LogP contribution in [-0.4, -0.2) is 26.0 Å². The monoisotopic (exact) mass is 288 g/mol. The number of hydrogen-bond donors (Lipinski definition) is 2. The van der Waals surface area contributed by atoms with Gasteiger partial charge in [0.1, 0.15) is 5.82 Å². The van der Waals surface area contributed by atoms with Crippen LogP contribution in [0.2, 0.25) is 0 Å². The summed E-state index contributed by atoms with van der Waals surface area (Å²) >= 11 is 3.21. The molecule has 3 nitrogen and oxygen atoms in total. The predicted molar refractivity (Wildman–Crippen MR) is 65.0 cm³/mol. The lowest BCUT2D eigenvalue weighted by Crippen LogP contribution is -2.26. The van der Waals surface area contributed by atoms with Crippen LogP contribution in [0.5, 0.6) is 0 Å². The van der Waals surface area contributed by atoms with Gasteiger partial charge in [-0.3, -0.25) is 4.79 Å². The van der Waals surface area contributed by atoms with E-state index >= 15 is 0 Å². The summed E-state index contributed by atoms with van der Waals surface area (Å²) in [7, 11) is 1.85. The lowest BCUT2D eigenvalue weighted by Gasteiger charge is -2.06. The highest BCUT2D eigenvalue weighted by molar-refractivity contribution is 9.10. The summed E-state index contributed by atoms with van der Waals surface area (Å²) in [6.07, 6.45) is 0.842. The first-order valence-electron chi connectivity index (χ1n) is 5.03. The van der Waals surface area contributed by atoms with Crippen molar-refractivity contribution in [2.75, 3.05) is 20.1 Å². The van der Waals surface area contributed by atoms with Crippen molar-refractivity contribution in [3.8, 4) is 0 Å². The molecule has 2 N–H and O–H groups in total. The Kier molecular flexibility index (Phi) is 5.42. The topological polar surface area (TPSA) is 41.1 Å². The van der Waals surface area contributed by atoms with Gasteiger partial charge in [0.25, 0.3) is 5.91 Å². The quantitative estimate of drug-likeness (QED) is 0.813. The van der Waals surface area contributed by atoms with E-state index in [-0.39, 0.29) is 5.91 Å². The van der Waals surface area contributed by atoms with Crippen LogP contribution in [0.15, 0.2) is 22.7 Å². The molecule has 1 rings (SSSR count). The van der Waals surface area contributed by atoms with Crippen LogP contribution in [0.4, 0.5) is 4.39 Å². The number of carbonyl (C=O) groups is 1. The Morgan fingerprint density at radius 1 is 1.44 bits per heavy atom. The van der Waals surface area contributed by atoms with E-state index in [1.165, 1.54) is 18.2 Å². The number of benzene rings is 1. The molecular weight excluding hydrogens is 275 g/mol. The Labute approximate surface area is 103 Å². The molecule has 0 heterocycles. The molecule has 88 valence electrons. The molecule has 0 fully saturated rings. The molecule has 0 aliphatic heterocycles. The number of hydrogen-bond acceptors (Lipinski definition) is 2. The van der Waals surface area contributed by atoms with Gasteiger partial charge in [0.15, 0.2) is 0 Å². The Morgan fingerprint density at radius 3 is 2.88 bits per heavy atom. The highest BCUT2D eigenvalue weighted by atomic mass is 79.9. The summed E-state index contributed by atoms with van der Waals surface area (Å²) in [5.74, 6) is -0.675.